The van der Waals surface area contributed by atoms with Crippen molar-refractivity contribution in [2.75, 3.05) is 33.8 Å². The molecule has 0 aromatic rings. The molecule has 0 aliphatic rings. The molecule has 4 heteroatoms. The smallest absolute Gasteiger partial charge is 0.305 e. The number of likely N-dealkylation sites (N-methyl/N-ethyl adjacent to an activating group) is 1. The summed E-state index contributed by atoms with van der Waals surface area (Å²) in [6.07, 6.45) is 18.8. The summed E-state index contributed by atoms with van der Waals surface area (Å²) in [6, 6.07) is 0. The standard InChI is InChI=1S/C23H46NO2.BrH/c1-5-7-9-11-13-14-15-17-19-23(25)26-22-21-24(3,4)20-18-16-12-10-8-6-2;/h5H,1,6-22H2,2-4H3;1H/q+1;. The number of esters is 1. The van der Waals surface area contributed by atoms with Crippen LogP contribution < -0.4 is 0 Å². The number of ether oxygens (including phenoxy) is 1. The molecule has 0 heterocycles. The van der Waals surface area contributed by atoms with Gasteiger partial charge in [-0.2, -0.15) is 0 Å². The summed E-state index contributed by atoms with van der Waals surface area (Å²) in [5, 5.41) is 0. The summed E-state index contributed by atoms with van der Waals surface area (Å²) in [6.45, 7) is 8.65. The van der Waals surface area contributed by atoms with Gasteiger partial charge in [-0.1, -0.05) is 64.4 Å². The van der Waals surface area contributed by atoms with Crippen LogP contribution in [0.5, 0.6) is 0 Å². The van der Waals surface area contributed by atoms with E-state index in [2.05, 4.69) is 27.6 Å². The third-order valence-corrected chi connectivity index (χ3v) is 5.12. The van der Waals surface area contributed by atoms with Crippen LogP contribution >= 0.6 is 17.0 Å². The number of quaternary nitrogens is 1. The molecule has 0 saturated heterocycles. The van der Waals surface area contributed by atoms with E-state index < -0.39 is 0 Å². The highest BCUT2D eigenvalue weighted by Crippen LogP contribution is 2.10. The number of hydrogen-bond acceptors (Lipinski definition) is 2. The van der Waals surface area contributed by atoms with Gasteiger partial charge in [0.05, 0.1) is 20.6 Å². The Balaban J connectivity index is 0. The van der Waals surface area contributed by atoms with Gasteiger partial charge in [-0.3, -0.25) is 4.79 Å². The van der Waals surface area contributed by atoms with Crippen LogP contribution in [0, 0.1) is 0 Å². The van der Waals surface area contributed by atoms with Crippen LogP contribution in [0.1, 0.15) is 96.8 Å². The van der Waals surface area contributed by atoms with Crippen LogP contribution in [0.4, 0.5) is 0 Å². The molecule has 27 heavy (non-hydrogen) atoms. The monoisotopic (exact) mass is 448 g/mol. The molecule has 0 aliphatic carbocycles. The van der Waals surface area contributed by atoms with E-state index in [1.54, 1.807) is 0 Å². The van der Waals surface area contributed by atoms with E-state index in [4.69, 9.17) is 4.74 Å². The van der Waals surface area contributed by atoms with Crippen molar-refractivity contribution in [3.05, 3.63) is 12.7 Å². The Morgan fingerprint density at radius 3 is 2.04 bits per heavy atom. The van der Waals surface area contributed by atoms with Gasteiger partial charge in [-0.25, -0.2) is 0 Å². The maximum atomic E-state index is 11.8. The van der Waals surface area contributed by atoms with Gasteiger partial charge in [-0.05, 0) is 32.1 Å². The second-order valence-electron chi connectivity index (χ2n) is 8.32. The lowest BCUT2D eigenvalue weighted by atomic mass is 10.1. The second kappa shape index (κ2) is 20.4. The normalized spacial score (nSPS) is 11.1. The highest BCUT2D eigenvalue weighted by molar-refractivity contribution is 8.93. The average molecular weight is 450 g/mol. The zero-order valence-electron chi connectivity index (χ0n) is 18.5. The van der Waals surface area contributed by atoms with Crippen molar-refractivity contribution < 1.29 is 14.0 Å². The Labute approximate surface area is 180 Å². The van der Waals surface area contributed by atoms with Gasteiger partial charge in [0.25, 0.3) is 0 Å². The summed E-state index contributed by atoms with van der Waals surface area (Å²) < 4.78 is 6.38. The Kier molecular flexibility index (Phi) is 21.8. The van der Waals surface area contributed by atoms with Crippen LogP contribution in [0.2, 0.25) is 0 Å². The molecule has 0 N–H and O–H groups in total. The maximum Gasteiger partial charge on any atom is 0.305 e. The highest BCUT2D eigenvalue weighted by atomic mass is 79.9. The number of nitrogens with zero attached hydrogens (tertiary/aromatic N) is 1. The summed E-state index contributed by atoms with van der Waals surface area (Å²) in [7, 11) is 4.48. The number of allylic oxidation sites excluding steroid dienone is 1. The molecule has 0 fully saturated rings. The Bertz CT molecular complexity index is 345. The first kappa shape index (κ1) is 28.9. The average Bonchev–Trinajstić information content (AvgIpc) is 2.60. The zero-order valence-corrected chi connectivity index (χ0v) is 20.2. The van der Waals surface area contributed by atoms with E-state index >= 15 is 0 Å². The molecule has 0 atom stereocenters. The lowest BCUT2D eigenvalue weighted by Gasteiger charge is -2.29. The van der Waals surface area contributed by atoms with E-state index in [0.717, 1.165) is 30.3 Å². The van der Waals surface area contributed by atoms with E-state index in [0.29, 0.717) is 13.0 Å². The van der Waals surface area contributed by atoms with Crippen molar-refractivity contribution in [3.63, 3.8) is 0 Å². The van der Waals surface area contributed by atoms with Crippen molar-refractivity contribution in [1.82, 2.24) is 0 Å². The minimum absolute atomic E-state index is 0. The molecule has 0 aromatic carbocycles. The molecule has 0 spiro atoms. The van der Waals surface area contributed by atoms with Gasteiger partial charge in [-0.15, -0.1) is 23.6 Å². The van der Waals surface area contributed by atoms with Crippen molar-refractivity contribution in [1.29, 1.82) is 0 Å². The minimum Gasteiger partial charge on any atom is -0.460 e. The number of halogens is 1. The van der Waals surface area contributed by atoms with Gasteiger partial charge in [0.2, 0.25) is 0 Å². The summed E-state index contributed by atoms with van der Waals surface area (Å²) in [5.41, 5.74) is 0. The third-order valence-electron chi connectivity index (χ3n) is 5.12. The van der Waals surface area contributed by atoms with Crippen molar-refractivity contribution in [3.8, 4) is 0 Å². The first-order valence-electron chi connectivity index (χ1n) is 11.1. The van der Waals surface area contributed by atoms with Crippen LogP contribution in [0.3, 0.4) is 0 Å². The lowest BCUT2D eigenvalue weighted by Crippen LogP contribution is -2.43. The fourth-order valence-corrected chi connectivity index (χ4v) is 3.18. The first-order chi connectivity index (χ1) is 12.5. The minimum atomic E-state index is -0.0174. The molecule has 0 rings (SSSR count). The van der Waals surface area contributed by atoms with Crippen molar-refractivity contribution in [2.45, 2.75) is 96.8 Å². The van der Waals surface area contributed by atoms with E-state index in [1.807, 2.05) is 6.08 Å². The molecule has 3 nitrogen and oxygen atoms in total. The van der Waals surface area contributed by atoms with Crippen molar-refractivity contribution in [2.24, 2.45) is 0 Å². The molecular formula is C23H47BrNO2+. The van der Waals surface area contributed by atoms with Crippen LogP contribution in [0.15, 0.2) is 12.7 Å². The van der Waals surface area contributed by atoms with Gasteiger partial charge in [0, 0.05) is 6.42 Å². The van der Waals surface area contributed by atoms with Gasteiger partial charge in [0.15, 0.2) is 0 Å². The highest BCUT2D eigenvalue weighted by Gasteiger charge is 2.15. The number of hydrogen-bond donors (Lipinski definition) is 0. The van der Waals surface area contributed by atoms with E-state index in [1.165, 1.54) is 70.8 Å². The molecule has 0 aromatic heterocycles. The molecule has 162 valence electrons. The van der Waals surface area contributed by atoms with Crippen molar-refractivity contribution >= 4 is 23.0 Å². The molecule has 0 bridgehead atoms. The molecule has 0 amide bonds. The van der Waals surface area contributed by atoms with Crippen LogP contribution in [-0.2, 0) is 9.53 Å². The number of unbranched alkanes of at least 4 members (excludes halogenated alkanes) is 11. The second-order valence-corrected chi connectivity index (χ2v) is 8.32. The number of carbonyl (C=O) groups is 1. The number of rotatable bonds is 19. The maximum absolute atomic E-state index is 11.8. The molecule has 0 unspecified atom stereocenters. The SMILES string of the molecule is Br.C=CCCCCCCCCC(=O)OCC[N+](C)(C)CCCCCCCC. The summed E-state index contributed by atoms with van der Waals surface area (Å²) >= 11 is 0. The fourth-order valence-electron chi connectivity index (χ4n) is 3.18. The lowest BCUT2D eigenvalue weighted by molar-refractivity contribution is -0.890. The zero-order chi connectivity index (χ0) is 19.5. The fraction of sp³-hybridized carbons (Fsp3) is 0.870. The Hall–Kier alpha value is -0.350. The summed E-state index contributed by atoms with van der Waals surface area (Å²) in [4.78, 5) is 11.8. The van der Waals surface area contributed by atoms with Gasteiger partial charge >= 0.3 is 5.97 Å². The van der Waals surface area contributed by atoms with E-state index in [9.17, 15) is 4.79 Å². The van der Waals surface area contributed by atoms with Gasteiger partial charge in [0.1, 0.15) is 13.2 Å². The largest absolute Gasteiger partial charge is 0.460 e. The van der Waals surface area contributed by atoms with E-state index in [-0.39, 0.29) is 23.0 Å². The molecular weight excluding hydrogens is 402 g/mol. The molecule has 0 radical (unpaired) electrons. The predicted octanol–water partition coefficient (Wildman–Crippen LogP) is 6.85. The van der Waals surface area contributed by atoms with Crippen LogP contribution in [0.25, 0.3) is 0 Å². The third kappa shape index (κ3) is 21.8. The van der Waals surface area contributed by atoms with Crippen LogP contribution in [-0.4, -0.2) is 44.2 Å². The molecule has 0 saturated carbocycles. The Morgan fingerprint density at radius 2 is 1.41 bits per heavy atom. The quantitative estimate of drug-likeness (QED) is 0.0933. The number of carbonyl (C=O) groups excluding carboxylic acids is 1. The Morgan fingerprint density at radius 1 is 0.852 bits per heavy atom. The van der Waals surface area contributed by atoms with Gasteiger partial charge < -0.3 is 9.22 Å². The predicted molar refractivity (Wildman–Crippen MR) is 124 cm³/mol. The molecule has 0 aliphatic heterocycles. The first-order valence-corrected chi connectivity index (χ1v) is 11.1. The topological polar surface area (TPSA) is 26.3 Å². The summed E-state index contributed by atoms with van der Waals surface area (Å²) in [5.74, 6) is -0.0174.